The van der Waals surface area contributed by atoms with Gasteiger partial charge in [0.2, 0.25) is 0 Å². The van der Waals surface area contributed by atoms with E-state index in [9.17, 15) is 0 Å². The SMILES string of the molecule is BrCC1CCN(c2ncncc2Br)CC1. The molecular weight excluding hydrogens is 322 g/mol. The van der Waals surface area contributed by atoms with Crippen molar-refractivity contribution < 1.29 is 0 Å². The van der Waals surface area contributed by atoms with Crippen LogP contribution in [0.15, 0.2) is 17.0 Å². The maximum absolute atomic E-state index is 4.31. The number of nitrogens with zero attached hydrogens (tertiary/aromatic N) is 3. The normalized spacial score (nSPS) is 18.1. The van der Waals surface area contributed by atoms with Gasteiger partial charge in [0.1, 0.15) is 12.1 Å². The molecule has 0 aromatic carbocycles. The van der Waals surface area contributed by atoms with Gasteiger partial charge < -0.3 is 4.90 Å². The Kier molecular flexibility index (Phi) is 3.97. The molecule has 0 amide bonds. The van der Waals surface area contributed by atoms with E-state index in [2.05, 4.69) is 46.7 Å². The second-order valence-corrected chi connectivity index (χ2v) is 5.28. The molecule has 1 fully saturated rings. The molecule has 5 heteroatoms. The summed E-state index contributed by atoms with van der Waals surface area (Å²) in [5, 5.41) is 1.12. The fraction of sp³-hybridized carbons (Fsp3) is 0.600. The van der Waals surface area contributed by atoms with Crippen LogP contribution in [-0.2, 0) is 0 Å². The maximum Gasteiger partial charge on any atom is 0.146 e. The first-order chi connectivity index (χ1) is 7.31. The van der Waals surface area contributed by atoms with Gasteiger partial charge >= 0.3 is 0 Å². The number of halogens is 2. The summed E-state index contributed by atoms with van der Waals surface area (Å²) in [5.74, 6) is 1.85. The van der Waals surface area contributed by atoms with Crippen molar-refractivity contribution >= 4 is 37.7 Å². The van der Waals surface area contributed by atoms with E-state index < -0.39 is 0 Å². The van der Waals surface area contributed by atoms with Gasteiger partial charge in [0.25, 0.3) is 0 Å². The molecule has 0 N–H and O–H groups in total. The Labute approximate surface area is 107 Å². The second-order valence-electron chi connectivity index (χ2n) is 3.78. The number of piperidine rings is 1. The lowest BCUT2D eigenvalue weighted by atomic mass is 9.99. The van der Waals surface area contributed by atoms with Crippen LogP contribution in [0.4, 0.5) is 5.82 Å². The van der Waals surface area contributed by atoms with E-state index in [1.807, 2.05) is 0 Å². The fourth-order valence-electron chi connectivity index (χ4n) is 1.84. The summed E-state index contributed by atoms with van der Waals surface area (Å²) >= 11 is 7.04. The molecule has 0 bridgehead atoms. The highest BCUT2D eigenvalue weighted by atomic mass is 79.9. The highest BCUT2D eigenvalue weighted by Crippen LogP contribution is 2.27. The smallest absolute Gasteiger partial charge is 0.146 e. The molecule has 1 aromatic rings. The molecule has 0 saturated carbocycles. The molecule has 2 heterocycles. The number of hydrogen-bond donors (Lipinski definition) is 0. The van der Waals surface area contributed by atoms with E-state index in [4.69, 9.17) is 0 Å². The van der Waals surface area contributed by atoms with Crippen LogP contribution in [0.25, 0.3) is 0 Å². The number of hydrogen-bond acceptors (Lipinski definition) is 3. The summed E-state index contributed by atoms with van der Waals surface area (Å²) < 4.78 is 0.988. The summed E-state index contributed by atoms with van der Waals surface area (Å²) in [6, 6.07) is 0. The van der Waals surface area contributed by atoms with Gasteiger partial charge in [-0.1, -0.05) is 15.9 Å². The van der Waals surface area contributed by atoms with Crippen LogP contribution in [0, 0.1) is 5.92 Å². The van der Waals surface area contributed by atoms with Gasteiger partial charge in [0.15, 0.2) is 0 Å². The summed E-state index contributed by atoms with van der Waals surface area (Å²) in [7, 11) is 0. The van der Waals surface area contributed by atoms with Gasteiger partial charge in [-0.2, -0.15) is 0 Å². The van der Waals surface area contributed by atoms with Gasteiger partial charge in [0, 0.05) is 24.6 Å². The molecule has 2 rings (SSSR count). The Morgan fingerprint density at radius 1 is 1.40 bits per heavy atom. The van der Waals surface area contributed by atoms with Crippen molar-refractivity contribution in [2.45, 2.75) is 12.8 Å². The molecule has 0 aliphatic carbocycles. The summed E-state index contributed by atoms with van der Waals surface area (Å²) in [5.41, 5.74) is 0. The number of anilines is 1. The van der Waals surface area contributed by atoms with Crippen LogP contribution in [0.2, 0.25) is 0 Å². The van der Waals surface area contributed by atoms with Gasteiger partial charge in [-0.05, 0) is 34.7 Å². The largest absolute Gasteiger partial charge is 0.356 e. The molecule has 15 heavy (non-hydrogen) atoms. The van der Waals surface area contributed by atoms with E-state index >= 15 is 0 Å². The molecule has 1 aliphatic heterocycles. The fourth-order valence-corrected chi connectivity index (χ4v) is 2.96. The van der Waals surface area contributed by atoms with Crippen molar-refractivity contribution in [3.8, 4) is 0 Å². The van der Waals surface area contributed by atoms with Crippen LogP contribution in [-0.4, -0.2) is 28.4 Å². The zero-order chi connectivity index (χ0) is 10.7. The number of aromatic nitrogens is 2. The third kappa shape index (κ3) is 2.69. The summed E-state index contributed by atoms with van der Waals surface area (Å²) in [6.07, 6.45) is 5.89. The molecule has 0 atom stereocenters. The monoisotopic (exact) mass is 333 g/mol. The number of alkyl halides is 1. The molecule has 1 aliphatic rings. The summed E-state index contributed by atoms with van der Waals surface area (Å²) in [6.45, 7) is 2.18. The third-order valence-corrected chi connectivity index (χ3v) is 4.26. The van der Waals surface area contributed by atoms with Crippen molar-refractivity contribution in [3.63, 3.8) is 0 Å². The van der Waals surface area contributed by atoms with Crippen LogP contribution in [0.1, 0.15) is 12.8 Å². The van der Waals surface area contributed by atoms with Gasteiger partial charge in [-0.3, -0.25) is 0 Å². The minimum absolute atomic E-state index is 0.821. The van der Waals surface area contributed by atoms with Crippen LogP contribution in [0.5, 0.6) is 0 Å². The van der Waals surface area contributed by atoms with Crippen molar-refractivity contribution in [1.29, 1.82) is 0 Å². The van der Waals surface area contributed by atoms with E-state index in [0.717, 1.165) is 34.6 Å². The third-order valence-electron chi connectivity index (χ3n) is 2.78. The lowest BCUT2D eigenvalue weighted by Crippen LogP contribution is -2.34. The predicted molar refractivity (Wildman–Crippen MR) is 68.5 cm³/mol. The highest BCUT2D eigenvalue weighted by molar-refractivity contribution is 9.10. The standard InChI is InChI=1S/C10H13Br2N3/c11-5-8-1-3-15(4-2-8)10-9(12)6-13-7-14-10/h6-8H,1-5H2. The minimum atomic E-state index is 0.821. The maximum atomic E-state index is 4.31. The highest BCUT2D eigenvalue weighted by Gasteiger charge is 2.20. The quantitative estimate of drug-likeness (QED) is 0.779. The van der Waals surface area contributed by atoms with Gasteiger partial charge in [-0.25, -0.2) is 9.97 Å². The zero-order valence-corrected chi connectivity index (χ0v) is 11.5. The Morgan fingerprint density at radius 3 is 2.73 bits per heavy atom. The van der Waals surface area contributed by atoms with Gasteiger partial charge in [0.05, 0.1) is 4.47 Å². The van der Waals surface area contributed by atoms with E-state index in [1.165, 1.54) is 12.8 Å². The van der Waals surface area contributed by atoms with E-state index in [1.54, 1.807) is 12.5 Å². The Bertz CT molecular complexity index is 324. The molecule has 0 radical (unpaired) electrons. The molecule has 1 saturated heterocycles. The topological polar surface area (TPSA) is 29.0 Å². The Morgan fingerprint density at radius 2 is 2.13 bits per heavy atom. The Hall–Kier alpha value is -0.160. The first kappa shape index (κ1) is 11.3. The lowest BCUT2D eigenvalue weighted by molar-refractivity contribution is 0.444. The van der Waals surface area contributed by atoms with Crippen molar-refractivity contribution in [3.05, 3.63) is 17.0 Å². The van der Waals surface area contributed by atoms with Crippen LogP contribution >= 0.6 is 31.9 Å². The molecule has 3 nitrogen and oxygen atoms in total. The Balaban J connectivity index is 2.04. The molecular formula is C10H13Br2N3. The van der Waals surface area contributed by atoms with Crippen molar-refractivity contribution in [1.82, 2.24) is 9.97 Å². The van der Waals surface area contributed by atoms with Crippen molar-refractivity contribution in [2.24, 2.45) is 5.92 Å². The molecule has 1 aromatic heterocycles. The predicted octanol–water partition coefficient (Wildman–Crippen LogP) is 2.85. The van der Waals surface area contributed by atoms with Gasteiger partial charge in [-0.15, -0.1) is 0 Å². The zero-order valence-electron chi connectivity index (χ0n) is 8.37. The molecule has 0 spiro atoms. The first-order valence-electron chi connectivity index (χ1n) is 5.07. The summed E-state index contributed by atoms with van der Waals surface area (Å²) in [4.78, 5) is 10.6. The van der Waals surface area contributed by atoms with E-state index in [0.29, 0.717) is 0 Å². The second kappa shape index (κ2) is 5.25. The molecule has 0 unspecified atom stereocenters. The van der Waals surface area contributed by atoms with Crippen LogP contribution < -0.4 is 4.90 Å². The van der Waals surface area contributed by atoms with E-state index in [-0.39, 0.29) is 0 Å². The average Bonchev–Trinajstić information content (AvgIpc) is 2.30. The first-order valence-corrected chi connectivity index (χ1v) is 6.99. The number of rotatable bonds is 2. The van der Waals surface area contributed by atoms with Crippen molar-refractivity contribution in [2.75, 3.05) is 23.3 Å². The minimum Gasteiger partial charge on any atom is -0.356 e. The molecule has 82 valence electrons. The lowest BCUT2D eigenvalue weighted by Gasteiger charge is -2.32. The van der Waals surface area contributed by atoms with Crippen LogP contribution in [0.3, 0.4) is 0 Å². The average molecular weight is 335 g/mol.